The van der Waals surface area contributed by atoms with Gasteiger partial charge >= 0.3 is 0 Å². The van der Waals surface area contributed by atoms with Crippen molar-refractivity contribution in [2.75, 3.05) is 18.5 Å². The van der Waals surface area contributed by atoms with Crippen LogP contribution >= 0.6 is 11.6 Å². The monoisotopic (exact) mass is 432 g/mol. The third kappa shape index (κ3) is 3.85. The number of nitrogens with one attached hydrogen (secondary N) is 1. The SMILES string of the molecule is O=C(Nc1cc2c(cc1Cl)OCCO2)c1ccccc1-c1ncc(-c2ccccc2)o1. The van der Waals surface area contributed by atoms with Crippen LogP contribution in [0.3, 0.4) is 0 Å². The van der Waals surface area contributed by atoms with Crippen LogP contribution in [0, 0.1) is 0 Å². The summed E-state index contributed by atoms with van der Waals surface area (Å²) in [7, 11) is 0. The van der Waals surface area contributed by atoms with Gasteiger partial charge in [-0.2, -0.15) is 0 Å². The molecule has 0 spiro atoms. The lowest BCUT2D eigenvalue weighted by molar-refractivity contribution is 0.102. The molecule has 154 valence electrons. The molecule has 4 aromatic rings. The molecule has 0 saturated carbocycles. The molecule has 7 heteroatoms. The Labute approximate surface area is 183 Å². The first-order chi connectivity index (χ1) is 15.2. The molecule has 0 radical (unpaired) electrons. The second-order valence-corrected chi connectivity index (χ2v) is 7.28. The minimum absolute atomic E-state index is 0.339. The molecule has 0 aliphatic carbocycles. The zero-order valence-electron chi connectivity index (χ0n) is 16.3. The number of hydrogen-bond donors (Lipinski definition) is 1. The third-order valence-corrected chi connectivity index (χ3v) is 5.16. The van der Waals surface area contributed by atoms with Gasteiger partial charge in [0, 0.05) is 23.3 Å². The number of fused-ring (bicyclic) bond motifs is 1. The summed E-state index contributed by atoms with van der Waals surface area (Å²) in [6, 6.07) is 20.1. The van der Waals surface area contributed by atoms with Crippen LogP contribution in [0.15, 0.2) is 77.3 Å². The first kappa shape index (κ1) is 19.2. The van der Waals surface area contributed by atoms with E-state index in [1.807, 2.05) is 36.4 Å². The van der Waals surface area contributed by atoms with Crippen molar-refractivity contribution in [3.8, 4) is 34.3 Å². The molecular formula is C24H17ClN2O4. The Balaban J connectivity index is 1.45. The number of carbonyl (C=O) groups is 1. The largest absolute Gasteiger partial charge is 0.486 e. The Kier molecular flexibility index (Phi) is 5.06. The van der Waals surface area contributed by atoms with Crippen LogP contribution in [0.4, 0.5) is 5.69 Å². The van der Waals surface area contributed by atoms with Crippen LogP contribution in [0.5, 0.6) is 11.5 Å². The van der Waals surface area contributed by atoms with E-state index in [0.717, 1.165) is 5.56 Å². The summed E-state index contributed by atoms with van der Waals surface area (Å²) in [6.07, 6.45) is 1.65. The number of anilines is 1. The standard InChI is InChI=1S/C24H17ClN2O4/c25-18-12-20-21(30-11-10-29-20)13-19(18)27-23(28)16-8-4-5-9-17(16)24-26-14-22(31-24)15-6-2-1-3-7-15/h1-9,12-14H,10-11H2,(H,27,28). The molecule has 0 bridgehead atoms. The highest BCUT2D eigenvalue weighted by Gasteiger charge is 2.20. The van der Waals surface area contributed by atoms with Gasteiger partial charge in [-0.25, -0.2) is 4.98 Å². The molecular weight excluding hydrogens is 416 g/mol. The summed E-state index contributed by atoms with van der Waals surface area (Å²) in [5.41, 5.74) is 2.33. The number of rotatable bonds is 4. The smallest absolute Gasteiger partial charge is 0.256 e. The third-order valence-electron chi connectivity index (χ3n) is 4.85. The van der Waals surface area contributed by atoms with Gasteiger partial charge < -0.3 is 19.2 Å². The number of hydrogen-bond acceptors (Lipinski definition) is 5. The molecule has 31 heavy (non-hydrogen) atoms. The number of halogens is 1. The molecule has 2 heterocycles. The Morgan fingerprint density at radius 3 is 2.45 bits per heavy atom. The average Bonchev–Trinajstić information content (AvgIpc) is 3.30. The number of aromatic nitrogens is 1. The highest BCUT2D eigenvalue weighted by molar-refractivity contribution is 6.34. The number of nitrogens with zero attached hydrogens (tertiary/aromatic N) is 1. The van der Waals surface area contributed by atoms with Gasteiger partial charge in [-0.3, -0.25) is 4.79 Å². The van der Waals surface area contributed by atoms with Gasteiger partial charge in [0.2, 0.25) is 5.89 Å². The predicted molar refractivity (Wildman–Crippen MR) is 118 cm³/mol. The summed E-state index contributed by atoms with van der Waals surface area (Å²) in [4.78, 5) is 17.5. The van der Waals surface area contributed by atoms with E-state index in [0.29, 0.717) is 58.2 Å². The molecule has 0 saturated heterocycles. The van der Waals surface area contributed by atoms with Crippen LogP contribution in [0.25, 0.3) is 22.8 Å². The summed E-state index contributed by atoms with van der Waals surface area (Å²) >= 11 is 6.34. The Hall–Kier alpha value is -3.77. The Bertz CT molecular complexity index is 1250. The van der Waals surface area contributed by atoms with Crippen LogP contribution in [-0.4, -0.2) is 24.1 Å². The summed E-state index contributed by atoms with van der Waals surface area (Å²) in [5.74, 6) is 1.74. The lowest BCUT2D eigenvalue weighted by Gasteiger charge is -2.20. The zero-order chi connectivity index (χ0) is 21.2. The lowest BCUT2D eigenvalue weighted by Crippen LogP contribution is -2.17. The van der Waals surface area contributed by atoms with E-state index in [1.54, 1.807) is 36.5 Å². The number of benzene rings is 3. The van der Waals surface area contributed by atoms with Gasteiger partial charge in [-0.15, -0.1) is 0 Å². The van der Waals surface area contributed by atoms with Gasteiger partial charge in [0.15, 0.2) is 17.3 Å². The molecule has 1 N–H and O–H groups in total. The molecule has 1 aliphatic rings. The van der Waals surface area contributed by atoms with Gasteiger partial charge in [-0.1, -0.05) is 54.1 Å². The van der Waals surface area contributed by atoms with Crippen LogP contribution in [0.2, 0.25) is 5.02 Å². The van der Waals surface area contributed by atoms with Gasteiger partial charge in [0.1, 0.15) is 13.2 Å². The molecule has 5 rings (SSSR count). The van der Waals surface area contributed by atoms with E-state index < -0.39 is 0 Å². The highest BCUT2D eigenvalue weighted by Crippen LogP contribution is 2.38. The quantitative estimate of drug-likeness (QED) is 0.448. The second-order valence-electron chi connectivity index (χ2n) is 6.87. The Morgan fingerprint density at radius 1 is 0.935 bits per heavy atom. The molecule has 1 amide bonds. The second kappa shape index (κ2) is 8.16. The number of carbonyl (C=O) groups excluding carboxylic acids is 1. The maximum absolute atomic E-state index is 13.1. The average molecular weight is 433 g/mol. The minimum Gasteiger partial charge on any atom is -0.486 e. The van der Waals surface area contributed by atoms with Crippen LogP contribution in [-0.2, 0) is 0 Å². The minimum atomic E-state index is -0.339. The normalized spacial score (nSPS) is 12.4. The van der Waals surface area contributed by atoms with Gasteiger partial charge in [0.05, 0.1) is 22.5 Å². The maximum atomic E-state index is 13.1. The highest BCUT2D eigenvalue weighted by atomic mass is 35.5. The van der Waals surface area contributed by atoms with E-state index in [4.69, 9.17) is 25.5 Å². The number of oxazole rings is 1. The summed E-state index contributed by atoms with van der Waals surface area (Å²) < 4.78 is 17.0. The van der Waals surface area contributed by atoms with Crippen molar-refractivity contribution in [2.24, 2.45) is 0 Å². The van der Waals surface area contributed by atoms with E-state index >= 15 is 0 Å². The first-order valence-corrected chi connectivity index (χ1v) is 10.1. The van der Waals surface area contributed by atoms with Crippen molar-refractivity contribution in [2.45, 2.75) is 0 Å². The fourth-order valence-corrected chi connectivity index (χ4v) is 3.55. The van der Waals surface area contributed by atoms with Crippen molar-refractivity contribution in [1.29, 1.82) is 0 Å². The zero-order valence-corrected chi connectivity index (χ0v) is 17.1. The molecule has 0 atom stereocenters. The maximum Gasteiger partial charge on any atom is 0.256 e. The number of amides is 1. The van der Waals surface area contributed by atoms with Crippen LogP contribution < -0.4 is 14.8 Å². The predicted octanol–water partition coefficient (Wildman–Crippen LogP) is 5.69. The van der Waals surface area contributed by atoms with Gasteiger partial charge in [0.25, 0.3) is 5.91 Å². The molecule has 3 aromatic carbocycles. The molecule has 0 fully saturated rings. The Morgan fingerprint density at radius 2 is 1.65 bits per heavy atom. The van der Waals surface area contributed by atoms with E-state index in [-0.39, 0.29) is 5.91 Å². The molecule has 1 aliphatic heterocycles. The van der Waals surface area contributed by atoms with E-state index in [2.05, 4.69) is 10.3 Å². The molecule has 1 aromatic heterocycles. The molecule has 6 nitrogen and oxygen atoms in total. The van der Waals surface area contributed by atoms with E-state index in [9.17, 15) is 4.79 Å². The molecule has 0 unspecified atom stereocenters. The van der Waals surface area contributed by atoms with Gasteiger partial charge in [-0.05, 0) is 12.1 Å². The van der Waals surface area contributed by atoms with Crippen molar-refractivity contribution >= 4 is 23.2 Å². The van der Waals surface area contributed by atoms with Crippen molar-refractivity contribution in [3.05, 3.63) is 83.5 Å². The van der Waals surface area contributed by atoms with Crippen molar-refractivity contribution < 1.29 is 18.7 Å². The summed E-state index contributed by atoms with van der Waals surface area (Å²) in [5, 5.41) is 3.21. The summed E-state index contributed by atoms with van der Waals surface area (Å²) in [6.45, 7) is 0.905. The fourth-order valence-electron chi connectivity index (χ4n) is 3.35. The fraction of sp³-hybridized carbons (Fsp3) is 0.0833. The van der Waals surface area contributed by atoms with Crippen LogP contribution in [0.1, 0.15) is 10.4 Å². The lowest BCUT2D eigenvalue weighted by atomic mass is 10.1. The van der Waals surface area contributed by atoms with Crippen molar-refractivity contribution in [3.63, 3.8) is 0 Å². The van der Waals surface area contributed by atoms with Crippen molar-refractivity contribution in [1.82, 2.24) is 4.98 Å². The first-order valence-electron chi connectivity index (χ1n) is 9.70. The topological polar surface area (TPSA) is 73.6 Å². The van der Waals surface area contributed by atoms with E-state index in [1.165, 1.54) is 0 Å². The number of ether oxygens (including phenoxy) is 2.